The second kappa shape index (κ2) is 8.46. The highest BCUT2D eigenvalue weighted by atomic mass is 79.9. The molecule has 1 aliphatic rings. The highest BCUT2D eigenvalue weighted by Crippen LogP contribution is 2.35. The molecule has 0 atom stereocenters. The van der Waals surface area contributed by atoms with E-state index in [0.717, 1.165) is 25.9 Å². The second-order valence-corrected chi connectivity index (χ2v) is 5.49. The molecule has 0 aliphatic carbocycles. The molecule has 0 bridgehead atoms. The van der Waals surface area contributed by atoms with Crippen LogP contribution in [0.5, 0.6) is 11.5 Å². The smallest absolute Gasteiger partial charge is 0.251 e. The average molecular weight is 380 g/mol. The first-order valence-corrected chi connectivity index (χ1v) is 7.38. The van der Waals surface area contributed by atoms with Gasteiger partial charge in [-0.05, 0) is 54.0 Å². The van der Waals surface area contributed by atoms with Gasteiger partial charge >= 0.3 is 0 Å². The SMILES string of the molecule is COc1cc(C(=O)NC2CCNCC2)cc(OC)c1Br.Cl. The summed E-state index contributed by atoms with van der Waals surface area (Å²) in [6.45, 7) is 1.88. The summed E-state index contributed by atoms with van der Waals surface area (Å²) in [6, 6.07) is 3.65. The van der Waals surface area contributed by atoms with Gasteiger partial charge in [0.25, 0.3) is 5.91 Å². The Bertz CT molecular complexity index is 468. The van der Waals surface area contributed by atoms with E-state index in [0.29, 0.717) is 21.5 Å². The molecule has 1 fully saturated rings. The van der Waals surface area contributed by atoms with Crippen molar-refractivity contribution < 1.29 is 14.3 Å². The van der Waals surface area contributed by atoms with Crippen molar-refractivity contribution >= 4 is 34.2 Å². The van der Waals surface area contributed by atoms with Crippen molar-refractivity contribution in [2.45, 2.75) is 18.9 Å². The van der Waals surface area contributed by atoms with Gasteiger partial charge < -0.3 is 20.1 Å². The summed E-state index contributed by atoms with van der Waals surface area (Å²) < 4.78 is 11.2. The first kappa shape index (κ1) is 18.1. The number of hydrogen-bond acceptors (Lipinski definition) is 4. The van der Waals surface area contributed by atoms with Crippen molar-refractivity contribution in [1.29, 1.82) is 0 Å². The fourth-order valence-electron chi connectivity index (χ4n) is 2.24. The van der Waals surface area contributed by atoms with Gasteiger partial charge in [-0.25, -0.2) is 0 Å². The lowest BCUT2D eigenvalue weighted by Gasteiger charge is -2.24. The van der Waals surface area contributed by atoms with Gasteiger partial charge in [0.2, 0.25) is 0 Å². The van der Waals surface area contributed by atoms with Gasteiger partial charge in [0.1, 0.15) is 16.0 Å². The van der Waals surface area contributed by atoms with Gasteiger partial charge in [-0.15, -0.1) is 12.4 Å². The molecule has 0 radical (unpaired) electrons. The van der Waals surface area contributed by atoms with E-state index in [9.17, 15) is 4.79 Å². The summed E-state index contributed by atoms with van der Waals surface area (Å²) in [6.07, 6.45) is 1.91. The van der Waals surface area contributed by atoms with Crippen LogP contribution in [0.25, 0.3) is 0 Å². The number of methoxy groups -OCH3 is 2. The van der Waals surface area contributed by atoms with Gasteiger partial charge in [0, 0.05) is 11.6 Å². The Morgan fingerprint density at radius 2 is 1.76 bits per heavy atom. The van der Waals surface area contributed by atoms with Crippen LogP contribution in [0.4, 0.5) is 0 Å². The highest BCUT2D eigenvalue weighted by Gasteiger charge is 2.19. The molecule has 0 unspecified atom stereocenters. The Kier molecular flexibility index (Phi) is 7.28. The molecule has 1 amide bonds. The fourth-order valence-corrected chi connectivity index (χ4v) is 2.79. The molecule has 1 aromatic carbocycles. The number of nitrogens with one attached hydrogen (secondary N) is 2. The minimum Gasteiger partial charge on any atom is -0.495 e. The maximum atomic E-state index is 12.3. The predicted molar refractivity (Wildman–Crippen MR) is 87.9 cm³/mol. The zero-order valence-corrected chi connectivity index (χ0v) is 14.5. The average Bonchev–Trinajstić information content (AvgIpc) is 2.48. The van der Waals surface area contributed by atoms with Crippen LogP contribution in [0.1, 0.15) is 23.2 Å². The number of halogens is 2. The quantitative estimate of drug-likeness (QED) is 0.843. The summed E-state index contributed by atoms with van der Waals surface area (Å²) in [4.78, 5) is 12.3. The molecule has 7 heteroatoms. The van der Waals surface area contributed by atoms with Crippen LogP contribution < -0.4 is 20.1 Å². The Morgan fingerprint density at radius 3 is 2.24 bits per heavy atom. The van der Waals surface area contributed by atoms with Crippen LogP contribution in [0.3, 0.4) is 0 Å². The number of carbonyl (C=O) groups excluding carboxylic acids is 1. The summed E-state index contributed by atoms with van der Waals surface area (Å²) in [7, 11) is 3.13. The number of piperidine rings is 1. The normalized spacial score (nSPS) is 15.0. The Morgan fingerprint density at radius 1 is 1.24 bits per heavy atom. The zero-order valence-electron chi connectivity index (χ0n) is 12.1. The van der Waals surface area contributed by atoms with Crippen LogP contribution >= 0.6 is 28.3 Å². The van der Waals surface area contributed by atoms with Crippen LogP contribution in [-0.4, -0.2) is 39.3 Å². The Hall–Kier alpha value is -0.980. The van der Waals surface area contributed by atoms with E-state index in [2.05, 4.69) is 26.6 Å². The van der Waals surface area contributed by atoms with E-state index in [1.165, 1.54) is 0 Å². The molecule has 0 saturated carbocycles. The van der Waals surface area contributed by atoms with E-state index < -0.39 is 0 Å². The van der Waals surface area contributed by atoms with Gasteiger partial charge in [0.05, 0.1) is 14.2 Å². The molecule has 2 N–H and O–H groups in total. The Balaban J connectivity index is 0.00000220. The van der Waals surface area contributed by atoms with Crippen LogP contribution in [-0.2, 0) is 0 Å². The first-order chi connectivity index (χ1) is 9.65. The van der Waals surface area contributed by atoms with Crippen molar-refractivity contribution in [2.24, 2.45) is 0 Å². The van der Waals surface area contributed by atoms with E-state index >= 15 is 0 Å². The number of hydrogen-bond donors (Lipinski definition) is 2. The van der Waals surface area contributed by atoms with E-state index in [-0.39, 0.29) is 24.4 Å². The standard InChI is InChI=1S/C14H19BrN2O3.ClH/c1-19-11-7-9(8-12(20-2)13(11)15)14(18)17-10-3-5-16-6-4-10;/h7-8,10,16H,3-6H2,1-2H3,(H,17,18);1H. The molecule has 21 heavy (non-hydrogen) atoms. The molecule has 1 aromatic rings. The molecule has 2 rings (SSSR count). The summed E-state index contributed by atoms with van der Waals surface area (Å²) in [5.74, 6) is 1.07. The number of benzene rings is 1. The number of amides is 1. The summed E-state index contributed by atoms with van der Waals surface area (Å²) in [5.41, 5.74) is 0.542. The molecular weight excluding hydrogens is 360 g/mol. The van der Waals surface area contributed by atoms with E-state index in [1.807, 2.05) is 0 Å². The summed E-state index contributed by atoms with van der Waals surface area (Å²) >= 11 is 3.39. The largest absolute Gasteiger partial charge is 0.495 e. The highest BCUT2D eigenvalue weighted by molar-refractivity contribution is 9.10. The monoisotopic (exact) mass is 378 g/mol. The number of rotatable bonds is 4. The lowest BCUT2D eigenvalue weighted by atomic mass is 10.1. The Labute approximate surface area is 139 Å². The molecule has 0 spiro atoms. The molecular formula is C14H20BrClN2O3. The van der Waals surface area contributed by atoms with Gasteiger partial charge in [-0.2, -0.15) is 0 Å². The predicted octanol–water partition coefficient (Wildman–Crippen LogP) is 2.37. The van der Waals surface area contributed by atoms with Crippen molar-refractivity contribution in [2.75, 3.05) is 27.3 Å². The van der Waals surface area contributed by atoms with E-state index in [4.69, 9.17) is 9.47 Å². The maximum Gasteiger partial charge on any atom is 0.251 e. The zero-order chi connectivity index (χ0) is 14.5. The third kappa shape index (κ3) is 4.49. The van der Waals surface area contributed by atoms with Crippen LogP contribution in [0.15, 0.2) is 16.6 Å². The molecule has 1 aliphatic heterocycles. The van der Waals surface area contributed by atoms with Crippen molar-refractivity contribution in [1.82, 2.24) is 10.6 Å². The van der Waals surface area contributed by atoms with Crippen molar-refractivity contribution in [3.05, 3.63) is 22.2 Å². The topological polar surface area (TPSA) is 59.6 Å². The molecule has 118 valence electrons. The summed E-state index contributed by atoms with van der Waals surface area (Å²) in [5, 5.41) is 6.33. The lowest BCUT2D eigenvalue weighted by molar-refractivity contribution is 0.0929. The van der Waals surface area contributed by atoms with E-state index in [1.54, 1.807) is 26.4 Å². The second-order valence-electron chi connectivity index (χ2n) is 4.69. The van der Waals surface area contributed by atoms with Gasteiger partial charge in [0.15, 0.2) is 0 Å². The van der Waals surface area contributed by atoms with Crippen LogP contribution in [0, 0.1) is 0 Å². The fraction of sp³-hybridized carbons (Fsp3) is 0.500. The number of ether oxygens (including phenoxy) is 2. The third-order valence-electron chi connectivity index (χ3n) is 3.38. The third-order valence-corrected chi connectivity index (χ3v) is 4.16. The number of carbonyl (C=O) groups is 1. The van der Waals surface area contributed by atoms with Crippen LogP contribution in [0.2, 0.25) is 0 Å². The lowest BCUT2D eigenvalue weighted by Crippen LogP contribution is -2.42. The maximum absolute atomic E-state index is 12.3. The molecule has 5 nitrogen and oxygen atoms in total. The van der Waals surface area contributed by atoms with Crippen molar-refractivity contribution in [3.8, 4) is 11.5 Å². The molecule has 1 heterocycles. The molecule has 1 saturated heterocycles. The van der Waals surface area contributed by atoms with Gasteiger partial charge in [-0.1, -0.05) is 0 Å². The first-order valence-electron chi connectivity index (χ1n) is 6.58. The molecule has 0 aromatic heterocycles. The van der Waals surface area contributed by atoms with Gasteiger partial charge in [-0.3, -0.25) is 4.79 Å². The minimum atomic E-state index is -0.0963. The minimum absolute atomic E-state index is 0. The van der Waals surface area contributed by atoms with Crippen molar-refractivity contribution in [3.63, 3.8) is 0 Å².